The smallest absolute Gasteiger partial charge is 0.326 e. The Kier molecular flexibility index (Phi) is 3.08. The average Bonchev–Trinajstić information content (AvgIpc) is 3.01. The van der Waals surface area contributed by atoms with Gasteiger partial charge in [0.05, 0.1) is 11.3 Å². The van der Waals surface area contributed by atoms with Gasteiger partial charge in [-0.25, -0.2) is 0 Å². The highest BCUT2D eigenvalue weighted by atomic mass is 19.4. The second kappa shape index (κ2) is 4.29. The Morgan fingerprint density at radius 1 is 1.44 bits per heavy atom. The Labute approximate surface area is 102 Å². The minimum Gasteiger partial charge on any atom is -0.326 e. The van der Waals surface area contributed by atoms with Gasteiger partial charge in [-0.3, -0.25) is 9.89 Å². The quantitative estimate of drug-likeness (QED) is 0.906. The molecule has 0 spiro atoms. The van der Waals surface area contributed by atoms with Crippen LogP contribution in [0.2, 0.25) is 0 Å². The first-order valence-electron chi connectivity index (χ1n) is 5.69. The molecule has 0 aromatic carbocycles. The van der Waals surface area contributed by atoms with E-state index < -0.39 is 18.6 Å². The van der Waals surface area contributed by atoms with Crippen molar-refractivity contribution in [3.05, 3.63) is 17.0 Å². The molecule has 1 aliphatic rings. The maximum Gasteiger partial charge on any atom is 0.406 e. The highest BCUT2D eigenvalue weighted by Crippen LogP contribution is 2.32. The molecule has 1 fully saturated rings. The molecule has 1 aromatic rings. The second-order valence-electron chi connectivity index (χ2n) is 4.59. The van der Waals surface area contributed by atoms with Crippen LogP contribution in [0.1, 0.15) is 34.6 Å². The Hall–Kier alpha value is -1.53. The summed E-state index contributed by atoms with van der Waals surface area (Å²) >= 11 is 0. The summed E-state index contributed by atoms with van der Waals surface area (Å²) in [6.45, 7) is 2.04. The van der Waals surface area contributed by atoms with Crippen LogP contribution in [0.4, 0.5) is 13.2 Å². The Balaban J connectivity index is 2.24. The van der Waals surface area contributed by atoms with E-state index in [1.807, 2.05) is 0 Å². The van der Waals surface area contributed by atoms with Gasteiger partial charge in [0, 0.05) is 11.7 Å². The predicted octanol–water partition coefficient (Wildman–Crippen LogP) is 2.19. The van der Waals surface area contributed by atoms with Gasteiger partial charge in [-0.05, 0) is 26.7 Å². The number of aromatic nitrogens is 2. The highest BCUT2D eigenvalue weighted by molar-refractivity contribution is 5.96. The fourth-order valence-electron chi connectivity index (χ4n) is 1.96. The van der Waals surface area contributed by atoms with Crippen molar-refractivity contribution in [2.24, 2.45) is 0 Å². The first-order chi connectivity index (χ1) is 8.29. The highest BCUT2D eigenvalue weighted by Gasteiger charge is 2.41. The number of hydrogen-bond acceptors (Lipinski definition) is 2. The maximum atomic E-state index is 12.5. The molecule has 1 amide bonds. The van der Waals surface area contributed by atoms with E-state index in [9.17, 15) is 18.0 Å². The van der Waals surface area contributed by atoms with Crippen molar-refractivity contribution in [2.75, 3.05) is 6.54 Å². The number of carbonyl (C=O) groups is 1. The van der Waals surface area contributed by atoms with Crippen LogP contribution in [0.15, 0.2) is 0 Å². The number of nitrogens with one attached hydrogen (secondary N) is 1. The third-order valence-electron chi connectivity index (χ3n) is 2.94. The van der Waals surface area contributed by atoms with Gasteiger partial charge in [0.15, 0.2) is 0 Å². The molecule has 0 atom stereocenters. The van der Waals surface area contributed by atoms with Gasteiger partial charge in [-0.15, -0.1) is 0 Å². The van der Waals surface area contributed by atoms with E-state index in [1.54, 1.807) is 13.8 Å². The summed E-state index contributed by atoms with van der Waals surface area (Å²) in [5.41, 5.74) is 1.20. The van der Waals surface area contributed by atoms with Gasteiger partial charge in [0.25, 0.3) is 5.91 Å². The summed E-state index contributed by atoms with van der Waals surface area (Å²) in [6.07, 6.45) is -3.10. The van der Waals surface area contributed by atoms with Gasteiger partial charge >= 0.3 is 6.18 Å². The average molecular weight is 261 g/mol. The summed E-state index contributed by atoms with van der Waals surface area (Å²) in [5.74, 6) is -0.585. The van der Waals surface area contributed by atoms with Crippen molar-refractivity contribution in [3.8, 4) is 0 Å². The molecule has 4 nitrogen and oxygen atoms in total. The molecule has 0 unspecified atom stereocenters. The SMILES string of the molecule is Cc1n[nH]c(C)c1C(=O)N(CC(F)(F)F)C1CC1. The second-order valence-corrected chi connectivity index (χ2v) is 4.59. The zero-order valence-electron chi connectivity index (χ0n) is 10.1. The lowest BCUT2D eigenvalue weighted by atomic mass is 10.1. The van der Waals surface area contributed by atoms with Gasteiger partial charge in [0.1, 0.15) is 6.54 Å². The number of nitrogens with zero attached hydrogens (tertiary/aromatic N) is 2. The predicted molar refractivity (Wildman–Crippen MR) is 58.2 cm³/mol. The lowest BCUT2D eigenvalue weighted by Crippen LogP contribution is -2.40. The van der Waals surface area contributed by atoms with E-state index in [4.69, 9.17) is 0 Å². The van der Waals surface area contributed by atoms with Crippen LogP contribution < -0.4 is 0 Å². The maximum absolute atomic E-state index is 12.5. The molecule has 1 heterocycles. The molecular weight excluding hydrogens is 247 g/mol. The standard InChI is InChI=1S/C11H14F3N3O/c1-6-9(7(2)16-15-6)10(18)17(8-3-4-8)5-11(12,13)14/h8H,3-5H2,1-2H3,(H,15,16). The minimum absolute atomic E-state index is 0.256. The van der Waals surface area contributed by atoms with E-state index in [0.717, 1.165) is 4.90 Å². The first kappa shape index (κ1) is 12.9. The van der Waals surface area contributed by atoms with Crippen LogP contribution in [-0.4, -0.2) is 39.8 Å². The number of aryl methyl sites for hydroxylation is 2. The Morgan fingerprint density at radius 2 is 2.06 bits per heavy atom. The summed E-state index contributed by atoms with van der Waals surface area (Å²) in [5, 5.41) is 6.46. The summed E-state index contributed by atoms with van der Waals surface area (Å²) < 4.78 is 37.4. The summed E-state index contributed by atoms with van der Waals surface area (Å²) in [4.78, 5) is 13.1. The molecule has 0 saturated heterocycles. The van der Waals surface area contributed by atoms with Crippen molar-refractivity contribution in [3.63, 3.8) is 0 Å². The first-order valence-corrected chi connectivity index (χ1v) is 5.69. The molecular formula is C11H14F3N3O. The van der Waals surface area contributed by atoms with Crippen molar-refractivity contribution in [1.29, 1.82) is 0 Å². The third kappa shape index (κ3) is 2.65. The molecule has 7 heteroatoms. The third-order valence-corrected chi connectivity index (χ3v) is 2.94. The van der Waals surface area contributed by atoms with Crippen LogP contribution in [0.5, 0.6) is 0 Å². The molecule has 1 saturated carbocycles. The van der Waals surface area contributed by atoms with E-state index in [0.29, 0.717) is 24.2 Å². The Bertz CT molecular complexity index is 443. The largest absolute Gasteiger partial charge is 0.406 e. The number of aromatic amines is 1. The van der Waals surface area contributed by atoms with Crippen LogP contribution >= 0.6 is 0 Å². The van der Waals surface area contributed by atoms with E-state index >= 15 is 0 Å². The van der Waals surface area contributed by atoms with Crippen LogP contribution in [0.3, 0.4) is 0 Å². The molecule has 1 N–H and O–H groups in total. The van der Waals surface area contributed by atoms with Gasteiger partial charge < -0.3 is 4.90 Å². The molecule has 100 valence electrons. The number of carbonyl (C=O) groups excluding carboxylic acids is 1. The van der Waals surface area contributed by atoms with Crippen molar-refractivity contribution >= 4 is 5.91 Å². The van der Waals surface area contributed by atoms with Crippen molar-refractivity contribution in [1.82, 2.24) is 15.1 Å². The normalized spacial score (nSPS) is 15.8. The van der Waals surface area contributed by atoms with Gasteiger partial charge in [-0.1, -0.05) is 0 Å². The summed E-state index contributed by atoms with van der Waals surface area (Å²) in [7, 11) is 0. The monoisotopic (exact) mass is 261 g/mol. The summed E-state index contributed by atoms with van der Waals surface area (Å²) in [6, 6.07) is -0.284. The number of amides is 1. The zero-order chi connectivity index (χ0) is 13.5. The lowest BCUT2D eigenvalue weighted by Gasteiger charge is -2.23. The fraction of sp³-hybridized carbons (Fsp3) is 0.636. The lowest BCUT2D eigenvalue weighted by molar-refractivity contribution is -0.141. The van der Waals surface area contributed by atoms with Crippen LogP contribution in [-0.2, 0) is 0 Å². The molecule has 2 rings (SSSR count). The van der Waals surface area contributed by atoms with Crippen LogP contribution in [0, 0.1) is 13.8 Å². The molecule has 1 aliphatic carbocycles. The number of halogens is 3. The van der Waals surface area contributed by atoms with Crippen molar-refractivity contribution < 1.29 is 18.0 Å². The number of H-pyrrole nitrogens is 1. The molecule has 18 heavy (non-hydrogen) atoms. The van der Waals surface area contributed by atoms with Crippen LogP contribution in [0.25, 0.3) is 0 Å². The topological polar surface area (TPSA) is 49.0 Å². The molecule has 1 aromatic heterocycles. The van der Waals surface area contributed by atoms with E-state index in [-0.39, 0.29) is 11.6 Å². The van der Waals surface area contributed by atoms with Gasteiger partial charge in [-0.2, -0.15) is 18.3 Å². The Morgan fingerprint density at radius 3 is 2.44 bits per heavy atom. The molecule has 0 radical (unpaired) electrons. The molecule has 0 aliphatic heterocycles. The zero-order valence-corrected chi connectivity index (χ0v) is 10.1. The van der Waals surface area contributed by atoms with Gasteiger partial charge in [0.2, 0.25) is 0 Å². The fourth-order valence-corrected chi connectivity index (χ4v) is 1.96. The number of hydrogen-bond donors (Lipinski definition) is 1. The number of alkyl halides is 3. The van der Waals surface area contributed by atoms with Crippen molar-refractivity contribution in [2.45, 2.75) is 38.9 Å². The minimum atomic E-state index is -4.37. The van der Waals surface area contributed by atoms with E-state index in [2.05, 4.69) is 10.2 Å². The van der Waals surface area contributed by atoms with E-state index in [1.165, 1.54) is 0 Å². The number of rotatable bonds is 3. The molecule has 0 bridgehead atoms.